The van der Waals surface area contributed by atoms with E-state index in [2.05, 4.69) is 26.5 Å². The molecule has 3 rings (SSSR count). The highest BCUT2D eigenvalue weighted by Crippen LogP contribution is 2.31. The van der Waals surface area contributed by atoms with Crippen molar-refractivity contribution in [1.82, 2.24) is 5.43 Å². The van der Waals surface area contributed by atoms with E-state index in [0.29, 0.717) is 22.6 Å². The Kier molecular flexibility index (Phi) is 5.04. The van der Waals surface area contributed by atoms with Crippen molar-refractivity contribution >= 4 is 39.0 Å². The molecule has 0 spiro atoms. The zero-order chi connectivity index (χ0) is 17.8. The molecule has 25 heavy (non-hydrogen) atoms. The number of furan rings is 1. The van der Waals surface area contributed by atoms with Crippen LogP contribution in [0.5, 0.6) is 11.5 Å². The highest BCUT2D eigenvalue weighted by molar-refractivity contribution is 9.10. The highest BCUT2D eigenvalue weighted by Gasteiger charge is 2.12. The Labute approximate surface area is 152 Å². The lowest BCUT2D eigenvalue weighted by atomic mass is 10.2. The first-order valence-corrected chi connectivity index (χ1v) is 8.15. The van der Waals surface area contributed by atoms with Crippen LogP contribution in [-0.4, -0.2) is 26.3 Å². The van der Waals surface area contributed by atoms with Crippen molar-refractivity contribution in [1.29, 1.82) is 0 Å². The SMILES string of the molecule is COc1cc(OC)c(/C=N/NC(=O)c2cc3ccccc3o2)cc1Br. The molecule has 0 fully saturated rings. The third-order valence-corrected chi connectivity index (χ3v) is 4.14. The van der Waals surface area contributed by atoms with E-state index in [1.807, 2.05) is 18.2 Å². The van der Waals surface area contributed by atoms with Gasteiger partial charge in [0.25, 0.3) is 0 Å². The lowest BCUT2D eigenvalue weighted by Crippen LogP contribution is -2.16. The molecule has 0 aliphatic heterocycles. The molecule has 1 aromatic heterocycles. The van der Waals surface area contributed by atoms with Crippen molar-refractivity contribution in [2.45, 2.75) is 0 Å². The molecule has 1 N–H and O–H groups in total. The van der Waals surface area contributed by atoms with Crippen LogP contribution in [0.4, 0.5) is 0 Å². The molecule has 0 saturated carbocycles. The number of amides is 1. The molecule has 0 unspecified atom stereocenters. The summed E-state index contributed by atoms with van der Waals surface area (Å²) in [5.41, 5.74) is 3.77. The Bertz CT molecular complexity index is 916. The van der Waals surface area contributed by atoms with Crippen LogP contribution >= 0.6 is 15.9 Å². The van der Waals surface area contributed by atoms with Gasteiger partial charge < -0.3 is 13.9 Å². The van der Waals surface area contributed by atoms with E-state index in [1.165, 1.54) is 6.21 Å². The van der Waals surface area contributed by atoms with Gasteiger partial charge in [-0.3, -0.25) is 4.79 Å². The lowest BCUT2D eigenvalue weighted by Gasteiger charge is -2.09. The third kappa shape index (κ3) is 3.66. The predicted octanol–water partition coefficient (Wildman–Crippen LogP) is 3.98. The van der Waals surface area contributed by atoms with E-state index in [0.717, 1.165) is 9.86 Å². The van der Waals surface area contributed by atoms with Gasteiger partial charge in [0.15, 0.2) is 5.76 Å². The van der Waals surface area contributed by atoms with Crippen LogP contribution in [0.3, 0.4) is 0 Å². The summed E-state index contributed by atoms with van der Waals surface area (Å²) in [6.45, 7) is 0. The van der Waals surface area contributed by atoms with Crippen molar-refractivity contribution < 1.29 is 18.7 Å². The van der Waals surface area contributed by atoms with Crippen molar-refractivity contribution in [3.63, 3.8) is 0 Å². The summed E-state index contributed by atoms with van der Waals surface area (Å²) in [5, 5.41) is 4.83. The summed E-state index contributed by atoms with van der Waals surface area (Å²) >= 11 is 3.40. The second-order valence-corrected chi connectivity index (χ2v) is 5.93. The molecule has 1 amide bonds. The molecule has 0 saturated heterocycles. The second-order valence-electron chi connectivity index (χ2n) is 5.08. The molecule has 0 aliphatic rings. The number of hydrogen-bond donors (Lipinski definition) is 1. The third-order valence-electron chi connectivity index (χ3n) is 3.52. The Hall–Kier alpha value is -2.80. The minimum atomic E-state index is -0.431. The number of ether oxygens (including phenoxy) is 2. The molecular weight excluding hydrogens is 388 g/mol. The Morgan fingerprint density at radius 1 is 1.16 bits per heavy atom. The molecule has 0 bridgehead atoms. The maximum absolute atomic E-state index is 12.1. The van der Waals surface area contributed by atoms with Crippen LogP contribution in [0.1, 0.15) is 16.1 Å². The number of carbonyl (C=O) groups is 1. The van der Waals surface area contributed by atoms with Gasteiger partial charge in [-0.05, 0) is 34.1 Å². The number of benzene rings is 2. The number of carbonyl (C=O) groups excluding carboxylic acids is 1. The van der Waals surface area contributed by atoms with Gasteiger partial charge in [0.05, 0.1) is 24.9 Å². The molecule has 1 heterocycles. The van der Waals surface area contributed by atoms with Gasteiger partial charge in [-0.1, -0.05) is 18.2 Å². The number of rotatable bonds is 5. The van der Waals surface area contributed by atoms with Crippen LogP contribution in [0.25, 0.3) is 11.0 Å². The lowest BCUT2D eigenvalue weighted by molar-refractivity contribution is 0.0929. The quantitative estimate of drug-likeness (QED) is 0.517. The van der Waals surface area contributed by atoms with Crippen molar-refractivity contribution in [3.8, 4) is 11.5 Å². The summed E-state index contributed by atoms with van der Waals surface area (Å²) in [5.74, 6) is 0.974. The van der Waals surface area contributed by atoms with E-state index in [9.17, 15) is 4.79 Å². The molecule has 6 nitrogen and oxygen atoms in total. The highest BCUT2D eigenvalue weighted by atomic mass is 79.9. The first-order chi connectivity index (χ1) is 12.1. The normalized spacial score (nSPS) is 11.0. The van der Waals surface area contributed by atoms with E-state index < -0.39 is 5.91 Å². The predicted molar refractivity (Wildman–Crippen MR) is 98.5 cm³/mol. The van der Waals surface area contributed by atoms with E-state index in [4.69, 9.17) is 13.9 Å². The largest absolute Gasteiger partial charge is 0.496 e. The van der Waals surface area contributed by atoms with Gasteiger partial charge in [-0.25, -0.2) is 5.43 Å². The number of nitrogens with zero attached hydrogens (tertiary/aromatic N) is 1. The molecule has 0 atom stereocenters. The zero-order valence-electron chi connectivity index (χ0n) is 13.6. The molecule has 0 aliphatic carbocycles. The molecule has 128 valence electrons. The van der Waals surface area contributed by atoms with Gasteiger partial charge in [0, 0.05) is 17.0 Å². The maximum atomic E-state index is 12.1. The number of hydrazone groups is 1. The average Bonchev–Trinajstić information content (AvgIpc) is 3.06. The number of fused-ring (bicyclic) bond motifs is 1. The first kappa shape index (κ1) is 17.0. The minimum absolute atomic E-state index is 0.196. The van der Waals surface area contributed by atoms with E-state index in [-0.39, 0.29) is 5.76 Å². The van der Waals surface area contributed by atoms with Crippen LogP contribution in [0.2, 0.25) is 0 Å². The summed E-state index contributed by atoms with van der Waals surface area (Å²) in [4.78, 5) is 12.1. The summed E-state index contributed by atoms with van der Waals surface area (Å²) in [6.07, 6.45) is 1.49. The number of para-hydroxylation sites is 1. The van der Waals surface area contributed by atoms with Gasteiger partial charge in [0.2, 0.25) is 0 Å². The monoisotopic (exact) mass is 402 g/mol. The summed E-state index contributed by atoms with van der Waals surface area (Å²) in [7, 11) is 3.12. The maximum Gasteiger partial charge on any atom is 0.307 e. The van der Waals surface area contributed by atoms with Gasteiger partial charge in [0.1, 0.15) is 17.1 Å². The molecule has 3 aromatic rings. The summed E-state index contributed by atoms with van der Waals surface area (Å²) in [6, 6.07) is 12.6. The Morgan fingerprint density at radius 2 is 1.92 bits per heavy atom. The number of nitrogens with one attached hydrogen (secondary N) is 1. The van der Waals surface area contributed by atoms with Crippen molar-refractivity contribution in [2.75, 3.05) is 14.2 Å². The minimum Gasteiger partial charge on any atom is -0.496 e. The van der Waals surface area contributed by atoms with E-state index >= 15 is 0 Å². The molecule has 0 radical (unpaired) electrons. The Balaban J connectivity index is 1.76. The van der Waals surface area contributed by atoms with Gasteiger partial charge in [-0.2, -0.15) is 5.10 Å². The van der Waals surface area contributed by atoms with Crippen LogP contribution in [0.15, 0.2) is 56.5 Å². The average molecular weight is 403 g/mol. The van der Waals surface area contributed by atoms with Crippen molar-refractivity contribution in [2.24, 2.45) is 5.10 Å². The molecule has 2 aromatic carbocycles. The number of hydrogen-bond acceptors (Lipinski definition) is 5. The fourth-order valence-corrected chi connectivity index (χ4v) is 2.82. The standard InChI is InChI=1S/C18H15BrN2O4/c1-23-15-9-16(24-2)13(19)7-12(15)10-20-21-18(22)17-8-11-5-3-4-6-14(11)25-17/h3-10H,1-2H3,(H,21,22)/b20-10+. The zero-order valence-corrected chi connectivity index (χ0v) is 15.2. The van der Waals surface area contributed by atoms with Crippen LogP contribution in [0, 0.1) is 0 Å². The van der Waals surface area contributed by atoms with Crippen molar-refractivity contribution in [3.05, 3.63) is 58.3 Å². The fraction of sp³-hybridized carbons (Fsp3) is 0.111. The second kappa shape index (κ2) is 7.40. The van der Waals surface area contributed by atoms with E-state index in [1.54, 1.807) is 38.5 Å². The molecular formula is C18H15BrN2O4. The van der Waals surface area contributed by atoms with Crippen LogP contribution in [-0.2, 0) is 0 Å². The number of halogens is 1. The van der Waals surface area contributed by atoms with Crippen LogP contribution < -0.4 is 14.9 Å². The Morgan fingerprint density at radius 3 is 2.64 bits per heavy atom. The number of methoxy groups -OCH3 is 2. The van der Waals surface area contributed by atoms with Gasteiger partial charge >= 0.3 is 5.91 Å². The summed E-state index contributed by atoms with van der Waals surface area (Å²) < 4.78 is 16.8. The van der Waals surface area contributed by atoms with Gasteiger partial charge in [-0.15, -0.1) is 0 Å². The molecule has 7 heteroatoms. The smallest absolute Gasteiger partial charge is 0.307 e. The first-order valence-electron chi connectivity index (χ1n) is 7.36. The topological polar surface area (TPSA) is 73.1 Å². The fourth-order valence-electron chi connectivity index (χ4n) is 2.29.